The summed E-state index contributed by atoms with van der Waals surface area (Å²) in [6.07, 6.45) is 6.79. The van der Waals surface area contributed by atoms with Crippen LogP contribution in [0.4, 0.5) is 5.69 Å². The molecule has 2 atom stereocenters. The van der Waals surface area contributed by atoms with E-state index in [4.69, 9.17) is 0 Å². The molecule has 20 heavy (non-hydrogen) atoms. The molecule has 0 aromatic heterocycles. The minimum atomic E-state index is -0.634. The molecule has 0 radical (unpaired) electrons. The minimum absolute atomic E-state index is 0.306. The van der Waals surface area contributed by atoms with Crippen LogP contribution in [0.25, 0.3) is 0 Å². The van der Waals surface area contributed by atoms with Gasteiger partial charge in [-0.2, -0.15) is 0 Å². The van der Waals surface area contributed by atoms with Crippen LogP contribution in [0.15, 0.2) is 54.6 Å². The Kier molecular flexibility index (Phi) is 3.00. The molecule has 1 aliphatic heterocycles. The van der Waals surface area contributed by atoms with Gasteiger partial charge >= 0.3 is 11.7 Å². The fourth-order valence-corrected chi connectivity index (χ4v) is 2.32. The average molecular weight is 271 g/mol. The van der Waals surface area contributed by atoms with Gasteiger partial charge in [-0.25, -0.2) is 9.95 Å². The van der Waals surface area contributed by atoms with Crippen LogP contribution in [0.1, 0.15) is 0 Å². The summed E-state index contributed by atoms with van der Waals surface area (Å²) in [7, 11) is 0. The quantitative estimate of drug-likeness (QED) is 0.623. The molecule has 2 unspecified atom stereocenters. The van der Waals surface area contributed by atoms with Gasteiger partial charge in [0.1, 0.15) is 0 Å². The van der Waals surface area contributed by atoms with E-state index in [1.165, 1.54) is 0 Å². The Balaban J connectivity index is 1.86. The molecule has 1 aromatic rings. The summed E-state index contributed by atoms with van der Waals surface area (Å²) < 4.78 is 0.531. The summed E-state index contributed by atoms with van der Waals surface area (Å²) >= 11 is 0. The van der Waals surface area contributed by atoms with Gasteiger partial charge in [-0.15, -0.1) is 5.06 Å². The van der Waals surface area contributed by atoms with Crippen molar-refractivity contribution in [3.8, 4) is 0 Å². The number of fused-ring (bicyclic) bond motifs is 1. The van der Waals surface area contributed by atoms with Crippen molar-refractivity contribution in [1.29, 1.82) is 0 Å². The van der Waals surface area contributed by atoms with Crippen LogP contribution in [0, 0.1) is 5.21 Å². The number of hydrogen-bond donors (Lipinski definition) is 2. The maximum Gasteiger partial charge on any atom is 0.373 e. The smallest absolute Gasteiger partial charge is 0.373 e. The van der Waals surface area contributed by atoms with Crippen LogP contribution >= 0.6 is 0 Å². The topological polar surface area (TPSA) is 78.6 Å². The number of anilines is 1. The molecule has 6 heteroatoms. The van der Waals surface area contributed by atoms with Crippen LogP contribution in [0.5, 0.6) is 0 Å². The highest BCUT2D eigenvalue weighted by molar-refractivity contribution is 6.40. The molecule has 0 saturated heterocycles. The van der Waals surface area contributed by atoms with Crippen LogP contribution in [-0.4, -0.2) is 38.8 Å². The molecule has 1 amide bonds. The van der Waals surface area contributed by atoms with Gasteiger partial charge in [0.05, 0.1) is 0 Å². The molecule has 2 aliphatic rings. The normalized spacial score (nSPS) is 23.9. The van der Waals surface area contributed by atoms with E-state index in [1.807, 2.05) is 6.07 Å². The number of carbonyl (C=O) groups is 1. The van der Waals surface area contributed by atoms with Gasteiger partial charge in [0.2, 0.25) is 0 Å². The van der Waals surface area contributed by atoms with Crippen molar-refractivity contribution in [2.45, 2.75) is 12.1 Å². The Bertz CT molecular complexity index is 622. The van der Waals surface area contributed by atoms with Crippen molar-refractivity contribution >= 4 is 17.4 Å². The second-order valence-electron chi connectivity index (χ2n) is 4.57. The standard InChI is InChI=1S/C14H13N3O3/c18-13(15-10-6-2-1-3-7-10)14-16(19)11-8-4-5-9-12(11)17(14)20/h1-9,11-12,19H,(H,15,18). The summed E-state index contributed by atoms with van der Waals surface area (Å²) in [6, 6.07) is 7.66. The highest BCUT2D eigenvalue weighted by Crippen LogP contribution is 2.21. The first-order chi connectivity index (χ1) is 9.68. The van der Waals surface area contributed by atoms with E-state index in [9.17, 15) is 15.2 Å². The summed E-state index contributed by atoms with van der Waals surface area (Å²) in [5.74, 6) is -0.940. The zero-order valence-corrected chi connectivity index (χ0v) is 10.5. The van der Waals surface area contributed by atoms with Gasteiger partial charge in [-0.3, -0.25) is 4.79 Å². The van der Waals surface area contributed by atoms with Crippen LogP contribution in [-0.2, 0) is 4.79 Å². The van der Waals surface area contributed by atoms with Gasteiger partial charge in [0.15, 0.2) is 12.1 Å². The van der Waals surface area contributed by atoms with Crippen molar-refractivity contribution in [2.24, 2.45) is 0 Å². The molecule has 2 N–H and O–H groups in total. The number of amidine groups is 1. The Morgan fingerprint density at radius 1 is 1.25 bits per heavy atom. The summed E-state index contributed by atoms with van der Waals surface area (Å²) in [5, 5.41) is 25.4. The lowest BCUT2D eigenvalue weighted by atomic mass is 10.1. The molecule has 0 spiro atoms. The van der Waals surface area contributed by atoms with E-state index in [-0.39, 0.29) is 5.84 Å². The Labute approximate surface area is 115 Å². The second-order valence-corrected chi connectivity index (χ2v) is 4.57. The number of amides is 1. The Hall–Kier alpha value is -2.60. The SMILES string of the molecule is O=C(Nc1ccccc1)C1=[N+]([O-])C2C=CC=CC2N1O. The fraction of sp³-hybridized carbons (Fsp3) is 0.143. The summed E-state index contributed by atoms with van der Waals surface area (Å²) in [4.78, 5) is 12.1. The monoisotopic (exact) mass is 271 g/mol. The van der Waals surface area contributed by atoms with E-state index in [0.717, 1.165) is 5.06 Å². The maximum absolute atomic E-state index is 12.1. The third kappa shape index (κ3) is 1.96. The number of rotatable bonds is 2. The highest BCUT2D eigenvalue weighted by atomic mass is 16.5. The number of hydroxylamine groups is 3. The van der Waals surface area contributed by atoms with Crippen molar-refractivity contribution in [2.75, 3.05) is 5.32 Å². The average Bonchev–Trinajstić information content (AvgIpc) is 2.72. The lowest BCUT2D eigenvalue weighted by Crippen LogP contribution is -2.41. The van der Waals surface area contributed by atoms with E-state index < -0.39 is 18.0 Å². The predicted octanol–water partition coefficient (Wildman–Crippen LogP) is 1.10. The number of hydrogen-bond acceptors (Lipinski definition) is 4. The largest absolute Gasteiger partial charge is 0.714 e. The fourth-order valence-electron chi connectivity index (χ4n) is 2.32. The number of nitrogens with zero attached hydrogens (tertiary/aromatic N) is 2. The molecular weight excluding hydrogens is 258 g/mol. The Morgan fingerprint density at radius 2 is 1.95 bits per heavy atom. The van der Waals surface area contributed by atoms with Gasteiger partial charge < -0.3 is 10.5 Å². The second kappa shape index (κ2) is 4.82. The molecule has 6 nitrogen and oxygen atoms in total. The molecule has 0 fully saturated rings. The van der Waals surface area contributed by atoms with Crippen molar-refractivity contribution in [3.63, 3.8) is 0 Å². The van der Waals surface area contributed by atoms with Crippen LogP contribution < -0.4 is 5.32 Å². The number of nitrogens with one attached hydrogen (secondary N) is 1. The van der Waals surface area contributed by atoms with Crippen molar-refractivity contribution in [1.82, 2.24) is 5.06 Å². The lowest BCUT2D eigenvalue weighted by Gasteiger charge is -2.16. The van der Waals surface area contributed by atoms with Gasteiger partial charge in [-0.05, 0) is 24.3 Å². The first kappa shape index (κ1) is 12.4. The zero-order valence-electron chi connectivity index (χ0n) is 10.5. The number of allylic oxidation sites excluding steroid dienone is 2. The van der Waals surface area contributed by atoms with E-state index in [0.29, 0.717) is 10.4 Å². The van der Waals surface area contributed by atoms with Gasteiger partial charge in [-0.1, -0.05) is 30.4 Å². The molecule has 1 heterocycles. The van der Waals surface area contributed by atoms with E-state index in [1.54, 1.807) is 48.6 Å². The molecule has 1 aromatic carbocycles. The predicted molar refractivity (Wildman–Crippen MR) is 73.2 cm³/mol. The molecule has 0 bridgehead atoms. The van der Waals surface area contributed by atoms with Crippen molar-refractivity contribution < 1.29 is 14.7 Å². The minimum Gasteiger partial charge on any atom is -0.714 e. The van der Waals surface area contributed by atoms with Crippen LogP contribution in [0.3, 0.4) is 0 Å². The lowest BCUT2D eigenvalue weighted by molar-refractivity contribution is -0.478. The van der Waals surface area contributed by atoms with Gasteiger partial charge in [0, 0.05) is 5.69 Å². The first-order valence-electron chi connectivity index (χ1n) is 6.21. The van der Waals surface area contributed by atoms with Crippen molar-refractivity contribution in [3.05, 3.63) is 59.8 Å². The first-order valence-corrected chi connectivity index (χ1v) is 6.21. The third-order valence-electron chi connectivity index (χ3n) is 3.29. The molecule has 0 saturated carbocycles. The highest BCUT2D eigenvalue weighted by Gasteiger charge is 2.47. The van der Waals surface area contributed by atoms with Gasteiger partial charge in [0.25, 0.3) is 0 Å². The summed E-state index contributed by atoms with van der Waals surface area (Å²) in [6.45, 7) is 0. The third-order valence-corrected chi connectivity index (χ3v) is 3.29. The molecule has 102 valence electrons. The molecule has 3 rings (SSSR count). The zero-order chi connectivity index (χ0) is 14.1. The maximum atomic E-state index is 12.1. The summed E-state index contributed by atoms with van der Waals surface area (Å²) in [5.41, 5.74) is 0.563. The number of carbonyl (C=O) groups excluding carboxylic acids is 1. The van der Waals surface area contributed by atoms with Crippen LogP contribution in [0.2, 0.25) is 0 Å². The number of benzene rings is 1. The number of para-hydroxylation sites is 1. The van der Waals surface area contributed by atoms with E-state index in [2.05, 4.69) is 5.32 Å². The Morgan fingerprint density at radius 3 is 2.65 bits per heavy atom. The molecule has 1 aliphatic carbocycles. The van der Waals surface area contributed by atoms with E-state index >= 15 is 0 Å². The molecular formula is C14H13N3O3.